The zero-order chi connectivity index (χ0) is 18.4. The summed E-state index contributed by atoms with van der Waals surface area (Å²) in [6.45, 7) is 10.2. The first kappa shape index (κ1) is 22.7. The summed E-state index contributed by atoms with van der Waals surface area (Å²) in [5, 5.41) is 8.77. The van der Waals surface area contributed by atoms with Crippen LogP contribution in [-0.2, 0) is 9.59 Å². The Bertz CT molecular complexity index is 361. The number of hydrogen-bond acceptors (Lipinski definition) is 2. The van der Waals surface area contributed by atoms with Gasteiger partial charge in [0.15, 0.2) is 0 Å². The Hall–Kier alpha value is -1.32. The molecule has 0 radical (unpaired) electrons. The fraction of sp³-hybridized carbons (Fsp3) is 0.800. The van der Waals surface area contributed by atoms with Gasteiger partial charge < -0.3 is 10.0 Å². The molecule has 2 atom stereocenters. The lowest BCUT2D eigenvalue weighted by Gasteiger charge is -2.30. The van der Waals surface area contributed by atoms with E-state index in [0.717, 1.165) is 57.7 Å². The van der Waals surface area contributed by atoms with E-state index in [4.69, 9.17) is 5.11 Å². The third-order valence-corrected chi connectivity index (χ3v) is 4.72. The summed E-state index contributed by atoms with van der Waals surface area (Å²) >= 11 is 0. The molecule has 1 N–H and O–H groups in total. The van der Waals surface area contributed by atoms with Crippen molar-refractivity contribution in [2.75, 3.05) is 13.1 Å². The molecule has 2 unspecified atom stereocenters. The highest BCUT2D eigenvalue weighted by Gasteiger charge is 2.20. The molecular weight excluding hydrogens is 302 g/mol. The molecule has 0 spiro atoms. The molecular formula is C20H37NO3. The first-order valence-electron chi connectivity index (χ1n) is 9.68. The molecule has 0 heterocycles. The van der Waals surface area contributed by atoms with E-state index >= 15 is 0 Å². The van der Waals surface area contributed by atoms with Gasteiger partial charge in [0.25, 0.3) is 0 Å². The van der Waals surface area contributed by atoms with Crippen LogP contribution in [0.1, 0.15) is 79.1 Å². The van der Waals surface area contributed by atoms with Crippen LogP contribution in [0.4, 0.5) is 0 Å². The average molecular weight is 340 g/mol. The highest BCUT2D eigenvalue weighted by atomic mass is 16.4. The molecule has 0 aliphatic heterocycles. The van der Waals surface area contributed by atoms with Crippen molar-refractivity contribution < 1.29 is 14.7 Å². The van der Waals surface area contributed by atoms with Crippen molar-refractivity contribution in [1.82, 2.24) is 4.90 Å². The van der Waals surface area contributed by atoms with E-state index in [2.05, 4.69) is 27.7 Å². The van der Waals surface area contributed by atoms with Crippen LogP contribution in [-0.4, -0.2) is 35.0 Å². The quantitative estimate of drug-likeness (QED) is 0.458. The van der Waals surface area contributed by atoms with E-state index in [-0.39, 0.29) is 5.91 Å². The third kappa shape index (κ3) is 10.5. The number of carbonyl (C=O) groups is 2. The van der Waals surface area contributed by atoms with Gasteiger partial charge in [-0.25, -0.2) is 4.79 Å². The maximum Gasteiger partial charge on any atom is 0.328 e. The molecule has 0 rings (SSSR count). The molecule has 1 amide bonds. The number of amides is 1. The van der Waals surface area contributed by atoms with Crippen molar-refractivity contribution in [3.05, 3.63) is 12.2 Å². The second-order valence-corrected chi connectivity index (χ2v) is 6.75. The van der Waals surface area contributed by atoms with Crippen molar-refractivity contribution in [2.24, 2.45) is 11.8 Å². The average Bonchev–Trinajstić information content (AvgIpc) is 2.58. The van der Waals surface area contributed by atoms with Crippen molar-refractivity contribution in [3.63, 3.8) is 0 Å². The number of hydrogen-bond donors (Lipinski definition) is 1. The van der Waals surface area contributed by atoms with Gasteiger partial charge in [-0.2, -0.15) is 0 Å². The van der Waals surface area contributed by atoms with Crippen LogP contribution in [0.25, 0.3) is 0 Å². The normalized spacial score (nSPS) is 13.8. The predicted octanol–water partition coefficient (Wildman–Crippen LogP) is 4.89. The lowest BCUT2D eigenvalue weighted by atomic mass is 9.95. The summed E-state index contributed by atoms with van der Waals surface area (Å²) in [6.07, 6.45) is 11.2. The van der Waals surface area contributed by atoms with Crippen LogP contribution in [0.15, 0.2) is 12.2 Å². The number of nitrogens with zero attached hydrogens (tertiary/aromatic N) is 1. The van der Waals surface area contributed by atoms with Crippen LogP contribution in [0.5, 0.6) is 0 Å². The zero-order valence-electron chi connectivity index (χ0n) is 16.1. The van der Waals surface area contributed by atoms with Gasteiger partial charge in [-0.05, 0) is 24.7 Å². The minimum absolute atomic E-state index is 0.165. The van der Waals surface area contributed by atoms with Crippen molar-refractivity contribution in [3.8, 4) is 0 Å². The predicted molar refractivity (Wildman–Crippen MR) is 100.0 cm³/mol. The monoisotopic (exact) mass is 339 g/mol. The van der Waals surface area contributed by atoms with Crippen LogP contribution in [0, 0.1) is 11.8 Å². The SMILES string of the molecule is CCCCC(CC)CN(CC(CC)CCCC)C(=O)/C=C\C(=O)O. The molecule has 24 heavy (non-hydrogen) atoms. The lowest BCUT2D eigenvalue weighted by molar-refractivity contribution is -0.132. The first-order chi connectivity index (χ1) is 11.5. The Balaban J connectivity index is 4.97. The molecule has 4 heteroatoms. The second-order valence-electron chi connectivity index (χ2n) is 6.75. The summed E-state index contributed by atoms with van der Waals surface area (Å²) in [5.41, 5.74) is 0. The maximum atomic E-state index is 12.5. The number of carboxylic acids is 1. The van der Waals surface area contributed by atoms with E-state index in [1.54, 1.807) is 0 Å². The third-order valence-electron chi connectivity index (χ3n) is 4.72. The summed E-state index contributed by atoms with van der Waals surface area (Å²) in [4.78, 5) is 25.1. The molecule has 4 nitrogen and oxygen atoms in total. The van der Waals surface area contributed by atoms with Crippen molar-refractivity contribution >= 4 is 11.9 Å². The zero-order valence-corrected chi connectivity index (χ0v) is 16.1. The van der Waals surface area contributed by atoms with Gasteiger partial charge >= 0.3 is 5.97 Å². The Morgan fingerprint density at radius 2 is 1.33 bits per heavy atom. The molecule has 0 aromatic rings. The van der Waals surface area contributed by atoms with Gasteiger partial charge in [0.05, 0.1) is 0 Å². The summed E-state index contributed by atoms with van der Waals surface area (Å²) in [6, 6.07) is 0. The second kappa shape index (κ2) is 14.1. The summed E-state index contributed by atoms with van der Waals surface area (Å²) in [5.74, 6) is -0.242. The van der Waals surface area contributed by atoms with E-state index < -0.39 is 5.97 Å². The highest BCUT2D eigenvalue weighted by Crippen LogP contribution is 2.19. The summed E-state index contributed by atoms with van der Waals surface area (Å²) < 4.78 is 0. The van der Waals surface area contributed by atoms with E-state index in [1.807, 2.05) is 4.90 Å². The molecule has 0 bridgehead atoms. The lowest BCUT2D eigenvalue weighted by Crippen LogP contribution is -2.38. The topological polar surface area (TPSA) is 57.6 Å². The molecule has 140 valence electrons. The van der Waals surface area contributed by atoms with Gasteiger partial charge in [-0.1, -0.05) is 66.2 Å². The minimum atomic E-state index is -1.07. The molecule has 0 aliphatic rings. The number of carbonyl (C=O) groups excluding carboxylic acids is 1. The highest BCUT2D eigenvalue weighted by molar-refractivity contribution is 5.93. The summed E-state index contributed by atoms with van der Waals surface area (Å²) in [7, 11) is 0. The van der Waals surface area contributed by atoms with E-state index in [0.29, 0.717) is 11.8 Å². The Morgan fingerprint density at radius 1 is 0.875 bits per heavy atom. The van der Waals surface area contributed by atoms with E-state index in [9.17, 15) is 9.59 Å². The smallest absolute Gasteiger partial charge is 0.328 e. The van der Waals surface area contributed by atoms with Gasteiger partial charge in [-0.3, -0.25) is 4.79 Å². The van der Waals surface area contributed by atoms with Crippen LogP contribution >= 0.6 is 0 Å². The Morgan fingerprint density at radius 3 is 1.67 bits per heavy atom. The minimum Gasteiger partial charge on any atom is -0.478 e. The number of aliphatic carboxylic acids is 1. The van der Waals surface area contributed by atoms with Gasteiger partial charge in [0.1, 0.15) is 0 Å². The van der Waals surface area contributed by atoms with Crippen LogP contribution in [0.2, 0.25) is 0 Å². The molecule has 0 aromatic carbocycles. The van der Waals surface area contributed by atoms with Crippen LogP contribution in [0.3, 0.4) is 0 Å². The number of rotatable bonds is 14. The van der Waals surface area contributed by atoms with Crippen LogP contribution < -0.4 is 0 Å². The Kier molecular flexibility index (Phi) is 13.3. The Labute approximate surface area is 148 Å². The fourth-order valence-corrected chi connectivity index (χ4v) is 2.96. The van der Waals surface area contributed by atoms with Gasteiger partial charge in [-0.15, -0.1) is 0 Å². The van der Waals surface area contributed by atoms with Crippen molar-refractivity contribution in [2.45, 2.75) is 79.1 Å². The molecule has 0 fully saturated rings. The largest absolute Gasteiger partial charge is 0.478 e. The fourth-order valence-electron chi connectivity index (χ4n) is 2.96. The number of carboxylic acid groups (broad SMARTS) is 1. The first-order valence-corrected chi connectivity index (χ1v) is 9.68. The molecule has 0 aliphatic carbocycles. The van der Waals surface area contributed by atoms with Gasteiger partial charge in [0.2, 0.25) is 5.91 Å². The van der Waals surface area contributed by atoms with E-state index in [1.165, 1.54) is 18.9 Å². The maximum absolute atomic E-state index is 12.5. The molecule has 0 aromatic heterocycles. The standard InChI is InChI=1S/C20H37NO3/c1-5-9-11-17(7-3)15-21(19(22)13-14-20(23)24)16-18(8-4)12-10-6-2/h13-14,17-18H,5-12,15-16H2,1-4H3,(H,23,24)/b14-13-. The number of unbranched alkanes of at least 4 members (excludes halogenated alkanes) is 2. The van der Waals surface area contributed by atoms with Crippen molar-refractivity contribution in [1.29, 1.82) is 0 Å². The molecule has 0 saturated carbocycles. The molecule has 0 saturated heterocycles. The van der Waals surface area contributed by atoms with Gasteiger partial charge in [0, 0.05) is 25.2 Å².